The molecule has 1 saturated heterocycles. The number of rotatable bonds is 7. The Bertz CT molecular complexity index is 820. The molecule has 1 fully saturated rings. The van der Waals surface area contributed by atoms with Crippen LogP contribution in [0.3, 0.4) is 0 Å². The number of thiocarbonyl (C=S) groups is 1. The van der Waals surface area contributed by atoms with Crippen LogP contribution in [0, 0.1) is 0 Å². The molecule has 1 aromatic rings. The third kappa shape index (κ3) is 6.40. The summed E-state index contributed by atoms with van der Waals surface area (Å²) in [6.45, 7) is 6.80. The molecule has 1 heterocycles. The number of carbonyl (C=O) groups is 3. The van der Waals surface area contributed by atoms with Crippen LogP contribution in [-0.2, 0) is 14.3 Å². The topological polar surface area (TPSA) is 97.0 Å². The summed E-state index contributed by atoms with van der Waals surface area (Å²) in [5.41, 5.74) is 0.377. The highest BCUT2D eigenvalue weighted by Crippen LogP contribution is 2.26. The monoisotopic (exact) mass is 499 g/mol. The lowest BCUT2D eigenvalue weighted by Gasteiger charge is -2.36. The fourth-order valence-corrected chi connectivity index (χ4v) is 3.63. The molecule has 0 saturated carbocycles. The van der Waals surface area contributed by atoms with Crippen molar-refractivity contribution < 1.29 is 23.9 Å². The molecular formula is C20H26BrN3O5S. The highest BCUT2D eigenvalue weighted by atomic mass is 79.9. The van der Waals surface area contributed by atoms with Gasteiger partial charge in [-0.15, -0.1) is 0 Å². The van der Waals surface area contributed by atoms with Gasteiger partial charge in [0.25, 0.3) is 5.91 Å². The fourth-order valence-electron chi connectivity index (χ4n) is 2.83. The van der Waals surface area contributed by atoms with Gasteiger partial charge in [0, 0.05) is 18.7 Å². The Morgan fingerprint density at radius 1 is 1.40 bits per heavy atom. The Hall–Kier alpha value is -2.20. The zero-order valence-corrected chi connectivity index (χ0v) is 19.6. The largest absolute Gasteiger partial charge is 0.493 e. The van der Waals surface area contributed by atoms with Gasteiger partial charge in [0.05, 0.1) is 23.6 Å². The van der Waals surface area contributed by atoms with Crippen LogP contribution in [0.4, 0.5) is 0 Å². The van der Waals surface area contributed by atoms with Crippen molar-refractivity contribution in [3.8, 4) is 5.75 Å². The first-order valence-corrected chi connectivity index (χ1v) is 11.0. The molecule has 8 nitrogen and oxygen atoms in total. The number of benzene rings is 1. The first-order chi connectivity index (χ1) is 14.3. The van der Waals surface area contributed by atoms with E-state index in [1.165, 1.54) is 0 Å². The van der Waals surface area contributed by atoms with Gasteiger partial charge in [-0.2, -0.15) is 0 Å². The van der Waals surface area contributed by atoms with Crippen LogP contribution < -0.4 is 15.4 Å². The molecule has 2 unspecified atom stereocenters. The van der Waals surface area contributed by atoms with Crippen LogP contribution in [-0.4, -0.2) is 59.6 Å². The summed E-state index contributed by atoms with van der Waals surface area (Å²) in [4.78, 5) is 38.7. The Morgan fingerprint density at radius 3 is 2.77 bits per heavy atom. The van der Waals surface area contributed by atoms with Gasteiger partial charge in [0.2, 0.25) is 5.91 Å². The summed E-state index contributed by atoms with van der Waals surface area (Å²) >= 11 is 8.75. The number of nitrogens with zero attached hydrogens (tertiary/aromatic N) is 1. The van der Waals surface area contributed by atoms with Crippen molar-refractivity contribution in [2.24, 2.45) is 0 Å². The Morgan fingerprint density at radius 2 is 2.13 bits per heavy atom. The number of carbonyl (C=O) groups excluding carboxylic acids is 3. The predicted octanol–water partition coefficient (Wildman–Crippen LogP) is 2.39. The molecule has 0 aromatic heterocycles. The molecule has 0 bridgehead atoms. The summed E-state index contributed by atoms with van der Waals surface area (Å²) in [5.74, 6) is -0.608. The Labute approximate surface area is 189 Å². The quantitative estimate of drug-likeness (QED) is 0.439. The fraction of sp³-hybridized carbons (Fsp3) is 0.500. The molecule has 2 amide bonds. The lowest BCUT2D eigenvalue weighted by atomic mass is 10.1. The van der Waals surface area contributed by atoms with E-state index in [0.717, 1.165) is 0 Å². The molecule has 30 heavy (non-hydrogen) atoms. The number of ether oxygens (including phenoxy) is 2. The van der Waals surface area contributed by atoms with E-state index in [9.17, 15) is 14.4 Å². The number of hydrogen-bond donors (Lipinski definition) is 2. The maximum Gasteiger partial charge on any atom is 0.308 e. The van der Waals surface area contributed by atoms with E-state index in [2.05, 4.69) is 26.6 Å². The van der Waals surface area contributed by atoms with Crippen LogP contribution >= 0.6 is 28.1 Å². The molecule has 0 aliphatic carbocycles. The molecule has 2 N–H and O–H groups in total. The van der Waals surface area contributed by atoms with Gasteiger partial charge >= 0.3 is 5.97 Å². The van der Waals surface area contributed by atoms with E-state index < -0.39 is 17.9 Å². The van der Waals surface area contributed by atoms with E-state index in [0.29, 0.717) is 41.9 Å². The zero-order chi connectivity index (χ0) is 22.3. The second-order valence-corrected chi connectivity index (χ2v) is 7.99. The molecular weight excluding hydrogens is 474 g/mol. The van der Waals surface area contributed by atoms with Gasteiger partial charge in [-0.1, -0.05) is 6.92 Å². The van der Waals surface area contributed by atoms with Crippen LogP contribution in [0.2, 0.25) is 0 Å². The molecule has 0 radical (unpaired) electrons. The minimum absolute atomic E-state index is 0.0844. The van der Waals surface area contributed by atoms with Crippen LogP contribution in [0.15, 0.2) is 22.7 Å². The Kier molecular flexibility index (Phi) is 9.04. The molecule has 1 aliphatic rings. The second-order valence-electron chi connectivity index (χ2n) is 6.75. The van der Waals surface area contributed by atoms with Crippen molar-refractivity contribution in [3.63, 3.8) is 0 Å². The van der Waals surface area contributed by atoms with Gasteiger partial charge < -0.3 is 19.7 Å². The SMILES string of the molecule is CCOc1ccc(C(=O)NC(=S)N2CCNC(=O)C2CC(=O)OC(C)CC)cc1Br. The molecule has 164 valence electrons. The second kappa shape index (κ2) is 11.3. The maximum absolute atomic E-state index is 12.6. The van der Waals surface area contributed by atoms with Crippen LogP contribution in [0.1, 0.15) is 44.0 Å². The number of esters is 1. The zero-order valence-electron chi connectivity index (χ0n) is 17.2. The molecule has 1 aliphatic heterocycles. The van der Waals surface area contributed by atoms with Crippen molar-refractivity contribution in [1.82, 2.24) is 15.5 Å². The minimum atomic E-state index is -0.838. The smallest absolute Gasteiger partial charge is 0.308 e. The van der Waals surface area contributed by atoms with Gasteiger partial charge in [-0.05, 0) is 66.6 Å². The van der Waals surface area contributed by atoms with Crippen LogP contribution in [0.5, 0.6) is 5.75 Å². The van der Waals surface area contributed by atoms with E-state index in [-0.39, 0.29) is 23.5 Å². The first kappa shape index (κ1) is 24.1. The summed E-state index contributed by atoms with van der Waals surface area (Å²) in [6.07, 6.45) is 0.293. The minimum Gasteiger partial charge on any atom is -0.493 e. The van der Waals surface area contributed by atoms with Crippen molar-refractivity contribution in [3.05, 3.63) is 28.2 Å². The standard InChI is InChI=1S/C20H26BrN3O5S/c1-4-12(3)29-17(25)11-15-19(27)22-8-9-24(15)20(30)23-18(26)13-6-7-16(28-5-2)14(21)10-13/h6-7,10,12,15H,4-5,8-9,11H2,1-3H3,(H,22,27)(H,23,26,30). The van der Waals surface area contributed by atoms with Gasteiger partial charge in [0.1, 0.15) is 11.8 Å². The number of piperazine rings is 1. The summed E-state index contributed by atoms with van der Waals surface area (Å²) in [7, 11) is 0. The number of nitrogens with one attached hydrogen (secondary N) is 2. The van der Waals surface area contributed by atoms with E-state index in [4.69, 9.17) is 21.7 Å². The third-order valence-corrected chi connectivity index (χ3v) is 5.53. The van der Waals surface area contributed by atoms with Crippen molar-refractivity contribution >= 4 is 51.0 Å². The summed E-state index contributed by atoms with van der Waals surface area (Å²) in [5, 5.41) is 5.45. The number of halogens is 1. The van der Waals surface area contributed by atoms with Gasteiger partial charge in [-0.3, -0.25) is 19.7 Å². The predicted molar refractivity (Wildman–Crippen MR) is 119 cm³/mol. The highest BCUT2D eigenvalue weighted by molar-refractivity contribution is 9.10. The normalized spacial score (nSPS) is 17.0. The van der Waals surface area contributed by atoms with Crippen molar-refractivity contribution in [2.75, 3.05) is 19.7 Å². The summed E-state index contributed by atoms with van der Waals surface area (Å²) < 4.78 is 11.4. The number of hydrogen-bond acceptors (Lipinski definition) is 6. The molecule has 1 aromatic carbocycles. The van der Waals surface area contributed by atoms with Crippen molar-refractivity contribution in [2.45, 2.75) is 45.8 Å². The average Bonchev–Trinajstić information content (AvgIpc) is 2.70. The van der Waals surface area contributed by atoms with E-state index in [1.807, 2.05) is 13.8 Å². The molecule has 0 spiro atoms. The Balaban J connectivity index is 2.07. The lowest BCUT2D eigenvalue weighted by molar-refractivity contribution is -0.151. The molecule has 2 atom stereocenters. The van der Waals surface area contributed by atoms with Crippen molar-refractivity contribution in [1.29, 1.82) is 0 Å². The van der Waals surface area contributed by atoms with Gasteiger partial charge in [-0.25, -0.2) is 0 Å². The van der Waals surface area contributed by atoms with Gasteiger partial charge in [0.15, 0.2) is 5.11 Å². The van der Waals surface area contributed by atoms with E-state index in [1.54, 1.807) is 30.0 Å². The maximum atomic E-state index is 12.6. The molecule has 10 heteroatoms. The van der Waals surface area contributed by atoms with Crippen LogP contribution in [0.25, 0.3) is 0 Å². The molecule has 2 rings (SSSR count). The highest BCUT2D eigenvalue weighted by Gasteiger charge is 2.34. The third-order valence-electron chi connectivity index (χ3n) is 4.57. The average molecular weight is 500 g/mol. The number of amides is 2. The van der Waals surface area contributed by atoms with E-state index >= 15 is 0 Å². The first-order valence-electron chi connectivity index (χ1n) is 9.78. The lowest BCUT2D eigenvalue weighted by Crippen LogP contribution is -2.60. The summed E-state index contributed by atoms with van der Waals surface area (Å²) in [6, 6.07) is 4.10.